The average Bonchev–Trinajstić information content (AvgIpc) is 2.30. The van der Waals surface area contributed by atoms with E-state index in [-0.39, 0.29) is 0 Å². The Kier molecular flexibility index (Phi) is 7.89. The maximum absolute atomic E-state index is 5.57. The molecule has 0 spiro atoms. The maximum atomic E-state index is 5.57. The molecule has 90 valence electrons. The summed E-state index contributed by atoms with van der Waals surface area (Å²) in [5, 5.41) is 4.43. The molecular formula is C12H17Br2NO. The highest BCUT2D eigenvalue weighted by Gasteiger charge is 1.93. The van der Waals surface area contributed by atoms with Crippen molar-refractivity contribution >= 4 is 31.9 Å². The number of alkyl halides is 1. The molecule has 0 atom stereocenters. The molecule has 1 N–H and O–H groups in total. The zero-order valence-corrected chi connectivity index (χ0v) is 12.4. The number of halogens is 2. The van der Waals surface area contributed by atoms with E-state index < -0.39 is 0 Å². The monoisotopic (exact) mass is 349 g/mol. The molecular weight excluding hydrogens is 334 g/mol. The minimum atomic E-state index is 0.718. The fourth-order valence-corrected chi connectivity index (χ4v) is 1.90. The van der Waals surface area contributed by atoms with Crippen molar-refractivity contribution in [3.8, 4) is 5.75 Å². The van der Waals surface area contributed by atoms with Gasteiger partial charge in [-0.15, -0.1) is 0 Å². The van der Waals surface area contributed by atoms with E-state index in [0.29, 0.717) is 0 Å². The molecule has 0 aliphatic carbocycles. The first-order valence-corrected chi connectivity index (χ1v) is 7.39. The van der Waals surface area contributed by atoms with Gasteiger partial charge < -0.3 is 10.1 Å². The first kappa shape index (κ1) is 14.0. The highest BCUT2D eigenvalue weighted by Crippen LogP contribution is 2.15. The molecule has 1 aromatic rings. The van der Waals surface area contributed by atoms with Gasteiger partial charge in [-0.2, -0.15) is 0 Å². The van der Waals surface area contributed by atoms with Crippen LogP contribution in [0.1, 0.15) is 12.8 Å². The van der Waals surface area contributed by atoms with Crippen molar-refractivity contribution in [3.05, 3.63) is 28.7 Å². The molecule has 0 aliphatic rings. The molecule has 0 unspecified atom stereocenters. The largest absolute Gasteiger partial charge is 0.492 e. The molecule has 2 nitrogen and oxygen atoms in total. The van der Waals surface area contributed by atoms with E-state index in [0.717, 1.165) is 35.2 Å². The number of hydrogen-bond acceptors (Lipinski definition) is 2. The highest BCUT2D eigenvalue weighted by atomic mass is 79.9. The van der Waals surface area contributed by atoms with E-state index in [1.54, 1.807) is 0 Å². The van der Waals surface area contributed by atoms with Crippen molar-refractivity contribution in [1.82, 2.24) is 5.32 Å². The summed E-state index contributed by atoms with van der Waals surface area (Å²) in [4.78, 5) is 0. The number of nitrogens with one attached hydrogen (secondary N) is 1. The third-order valence-electron chi connectivity index (χ3n) is 2.10. The van der Waals surface area contributed by atoms with Crippen molar-refractivity contribution < 1.29 is 4.74 Å². The fourth-order valence-electron chi connectivity index (χ4n) is 1.24. The van der Waals surface area contributed by atoms with E-state index in [9.17, 15) is 0 Å². The first-order chi connectivity index (χ1) is 7.83. The van der Waals surface area contributed by atoms with E-state index in [1.165, 1.54) is 12.8 Å². The van der Waals surface area contributed by atoms with Crippen LogP contribution >= 0.6 is 31.9 Å². The Hall–Kier alpha value is -0.0600. The maximum Gasteiger partial charge on any atom is 0.119 e. The Morgan fingerprint density at radius 2 is 1.81 bits per heavy atom. The van der Waals surface area contributed by atoms with E-state index >= 15 is 0 Å². The standard InChI is InChI=1S/C12H17Br2NO/c13-7-1-2-8-15-9-10-16-12-5-3-11(14)4-6-12/h3-6,15H,1-2,7-10H2. The molecule has 0 saturated heterocycles. The van der Waals surface area contributed by atoms with Gasteiger partial charge >= 0.3 is 0 Å². The van der Waals surface area contributed by atoms with Gasteiger partial charge in [0.1, 0.15) is 12.4 Å². The Balaban J connectivity index is 2.01. The van der Waals surface area contributed by atoms with Gasteiger partial charge in [-0.25, -0.2) is 0 Å². The van der Waals surface area contributed by atoms with Gasteiger partial charge in [-0.1, -0.05) is 31.9 Å². The van der Waals surface area contributed by atoms with Crippen LogP contribution in [-0.4, -0.2) is 25.0 Å². The number of rotatable bonds is 8. The third-order valence-corrected chi connectivity index (χ3v) is 3.19. The quantitative estimate of drug-likeness (QED) is 0.571. The van der Waals surface area contributed by atoms with E-state index in [2.05, 4.69) is 37.2 Å². The summed E-state index contributed by atoms with van der Waals surface area (Å²) in [6.07, 6.45) is 2.43. The molecule has 0 saturated carbocycles. The second-order valence-corrected chi connectivity index (χ2v) is 5.16. The van der Waals surface area contributed by atoms with E-state index in [4.69, 9.17) is 4.74 Å². The minimum Gasteiger partial charge on any atom is -0.492 e. The first-order valence-electron chi connectivity index (χ1n) is 5.48. The van der Waals surface area contributed by atoms with Gasteiger partial charge in [0.05, 0.1) is 0 Å². The van der Waals surface area contributed by atoms with Crippen molar-refractivity contribution in [1.29, 1.82) is 0 Å². The topological polar surface area (TPSA) is 21.3 Å². The summed E-state index contributed by atoms with van der Waals surface area (Å²) in [5.74, 6) is 0.922. The normalized spacial score (nSPS) is 10.4. The lowest BCUT2D eigenvalue weighted by atomic mass is 10.3. The number of unbranched alkanes of at least 4 members (excludes halogenated alkanes) is 1. The summed E-state index contributed by atoms with van der Waals surface area (Å²) in [6, 6.07) is 7.90. The summed E-state index contributed by atoms with van der Waals surface area (Å²) < 4.78 is 6.65. The van der Waals surface area contributed by atoms with Crippen LogP contribution < -0.4 is 10.1 Å². The molecule has 0 aliphatic heterocycles. The number of hydrogen-bond donors (Lipinski definition) is 1. The molecule has 0 heterocycles. The summed E-state index contributed by atoms with van der Waals surface area (Å²) in [7, 11) is 0. The van der Waals surface area contributed by atoms with Crippen molar-refractivity contribution in [2.75, 3.05) is 25.0 Å². The van der Waals surface area contributed by atoms with Crippen molar-refractivity contribution in [2.24, 2.45) is 0 Å². The summed E-state index contributed by atoms with van der Waals surface area (Å²) >= 11 is 6.80. The minimum absolute atomic E-state index is 0.718. The number of benzene rings is 1. The van der Waals surface area contributed by atoms with Crippen LogP contribution in [0.5, 0.6) is 5.75 Å². The lowest BCUT2D eigenvalue weighted by Crippen LogP contribution is -2.22. The van der Waals surface area contributed by atoms with Crippen LogP contribution in [-0.2, 0) is 0 Å². The molecule has 0 fully saturated rings. The Morgan fingerprint density at radius 1 is 1.06 bits per heavy atom. The zero-order valence-electron chi connectivity index (χ0n) is 9.22. The molecule has 0 bridgehead atoms. The summed E-state index contributed by atoms with van der Waals surface area (Å²) in [5.41, 5.74) is 0. The van der Waals surface area contributed by atoms with E-state index in [1.807, 2.05) is 24.3 Å². The van der Waals surface area contributed by atoms with Crippen molar-refractivity contribution in [3.63, 3.8) is 0 Å². The van der Waals surface area contributed by atoms with Gasteiger partial charge in [0.15, 0.2) is 0 Å². The van der Waals surface area contributed by atoms with Crippen LogP contribution in [0.3, 0.4) is 0 Å². The van der Waals surface area contributed by atoms with Crippen LogP contribution in [0, 0.1) is 0 Å². The fraction of sp³-hybridized carbons (Fsp3) is 0.500. The highest BCUT2D eigenvalue weighted by molar-refractivity contribution is 9.10. The predicted octanol–water partition coefficient (Wildman–Crippen LogP) is 3.59. The number of ether oxygens (including phenoxy) is 1. The summed E-state index contributed by atoms with van der Waals surface area (Å²) in [6.45, 7) is 2.68. The van der Waals surface area contributed by atoms with Crippen molar-refractivity contribution in [2.45, 2.75) is 12.8 Å². The Labute approximate surface area is 114 Å². The SMILES string of the molecule is BrCCCCNCCOc1ccc(Br)cc1. The average molecular weight is 351 g/mol. The lowest BCUT2D eigenvalue weighted by Gasteiger charge is -2.07. The van der Waals surface area contributed by atoms with Crippen LogP contribution in [0.15, 0.2) is 28.7 Å². The predicted molar refractivity (Wildman–Crippen MR) is 75.5 cm³/mol. The Morgan fingerprint density at radius 3 is 2.50 bits per heavy atom. The second kappa shape index (κ2) is 9.02. The van der Waals surface area contributed by atoms with Gasteiger partial charge in [0, 0.05) is 16.3 Å². The van der Waals surface area contributed by atoms with Crippen LogP contribution in [0.4, 0.5) is 0 Å². The van der Waals surface area contributed by atoms with Crippen LogP contribution in [0.25, 0.3) is 0 Å². The zero-order chi connectivity index (χ0) is 11.6. The molecule has 0 aromatic heterocycles. The molecule has 0 amide bonds. The van der Waals surface area contributed by atoms with Gasteiger partial charge in [0.25, 0.3) is 0 Å². The van der Waals surface area contributed by atoms with Crippen LogP contribution in [0.2, 0.25) is 0 Å². The molecule has 16 heavy (non-hydrogen) atoms. The van der Waals surface area contributed by atoms with Gasteiger partial charge in [-0.3, -0.25) is 0 Å². The molecule has 1 aromatic carbocycles. The van der Waals surface area contributed by atoms with Gasteiger partial charge in [-0.05, 0) is 43.7 Å². The van der Waals surface area contributed by atoms with Gasteiger partial charge in [0.2, 0.25) is 0 Å². The molecule has 0 radical (unpaired) electrons. The smallest absolute Gasteiger partial charge is 0.119 e. The molecule has 4 heteroatoms. The second-order valence-electron chi connectivity index (χ2n) is 3.45. The molecule has 1 rings (SSSR count). The third kappa shape index (κ3) is 6.51. The lowest BCUT2D eigenvalue weighted by molar-refractivity contribution is 0.314. The Bertz CT molecular complexity index is 277.